The van der Waals surface area contributed by atoms with Crippen molar-refractivity contribution < 1.29 is 0 Å². The predicted molar refractivity (Wildman–Crippen MR) is 64.0 cm³/mol. The van der Waals surface area contributed by atoms with Crippen LogP contribution in [0.1, 0.15) is 24.1 Å². The second kappa shape index (κ2) is 4.79. The van der Waals surface area contributed by atoms with Crippen LogP contribution >= 0.6 is 0 Å². The Hall–Kier alpha value is -1.84. The van der Waals surface area contributed by atoms with Gasteiger partial charge in [0.25, 0.3) is 0 Å². The molecule has 0 fully saturated rings. The molecule has 0 unspecified atom stereocenters. The van der Waals surface area contributed by atoms with E-state index >= 15 is 0 Å². The lowest BCUT2D eigenvalue weighted by molar-refractivity contribution is 0.866. The largest absolute Gasteiger partial charge is 0.399 e. The maximum atomic E-state index is 5.87. The maximum Gasteiger partial charge on any atom is 0.150 e. The van der Waals surface area contributed by atoms with Gasteiger partial charge in [0, 0.05) is 18.5 Å². The number of nitrogen functional groups attached to an aromatic ring is 1. The summed E-state index contributed by atoms with van der Waals surface area (Å²) >= 11 is 0. The lowest BCUT2D eigenvalue weighted by atomic mass is 10.1. The van der Waals surface area contributed by atoms with E-state index in [9.17, 15) is 0 Å². The molecule has 0 radical (unpaired) electrons. The Kier molecular flexibility index (Phi) is 3.19. The van der Waals surface area contributed by atoms with E-state index in [0.717, 1.165) is 42.2 Å². The molecule has 0 aliphatic heterocycles. The third-order valence-electron chi connectivity index (χ3n) is 2.58. The van der Waals surface area contributed by atoms with Gasteiger partial charge in [-0.3, -0.25) is 5.10 Å². The molecule has 1 heterocycles. The van der Waals surface area contributed by atoms with Crippen LogP contribution in [0.25, 0.3) is 0 Å². The maximum absolute atomic E-state index is 5.87. The Bertz CT molecular complexity index is 462. The summed E-state index contributed by atoms with van der Waals surface area (Å²) in [7, 11) is 0. The van der Waals surface area contributed by atoms with Crippen LogP contribution in [0, 0.1) is 0 Å². The van der Waals surface area contributed by atoms with E-state index < -0.39 is 0 Å². The molecule has 4 heteroatoms. The number of rotatable bonds is 4. The number of nitrogens with one attached hydrogen (secondary N) is 1. The number of H-pyrrole nitrogens is 1. The fourth-order valence-corrected chi connectivity index (χ4v) is 1.62. The summed E-state index contributed by atoms with van der Waals surface area (Å²) in [6, 6.07) is 7.92. The molecule has 2 aromatic rings. The predicted octanol–water partition coefficient (Wildman–Crippen LogP) is 1.73. The van der Waals surface area contributed by atoms with Crippen LogP contribution in [-0.4, -0.2) is 15.2 Å². The molecule has 84 valence electrons. The van der Waals surface area contributed by atoms with Crippen molar-refractivity contribution in [1.29, 1.82) is 0 Å². The fourth-order valence-electron chi connectivity index (χ4n) is 1.62. The number of aromatic nitrogens is 3. The first-order valence-electron chi connectivity index (χ1n) is 5.53. The Labute approximate surface area is 94.9 Å². The third kappa shape index (κ3) is 2.39. The molecular weight excluding hydrogens is 200 g/mol. The molecule has 0 atom stereocenters. The summed E-state index contributed by atoms with van der Waals surface area (Å²) in [5, 5.41) is 7.05. The number of anilines is 1. The first-order chi connectivity index (χ1) is 7.79. The van der Waals surface area contributed by atoms with Crippen molar-refractivity contribution in [2.24, 2.45) is 0 Å². The molecule has 2 rings (SSSR count). The Morgan fingerprint density at radius 3 is 2.75 bits per heavy atom. The SMILES string of the molecule is CCc1n[nH]c(CCc2ccccc2N)n1. The van der Waals surface area contributed by atoms with Crippen molar-refractivity contribution in [3.05, 3.63) is 41.5 Å². The van der Waals surface area contributed by atoms with E-state index in [4.69, 9.17) is 5.73 Å². The van der Waals surface area contributed by atoms with Crippen LogP contribution in [-0.2, 0) is 19.3 Å². The number of hydrogen-bond acceptors (Lipinski definition) is 3. The molecule has 0 bridgehead atoms. The summed E-state index contributed by atoms with van der Waals surface area (Å²) in [5.74, 6) is 1.80. The minimum atomic E-state index is 0.845. The molecule has 0 aliphatic carbocycles. The second-order valence-electron chi connectivity index (χ2n) is 3.75. The van der Waals surface area contributed by atoms with Gasteiger partial charge >= 0.3 is 0 Å². The Balaban J connectivity index is 1.99. The quantitative estimate of drug-likeness (QED) is 0.765. The minimum absolute atomic E-state index is 0.845. The van der Waals surface area contributed by atoms with Crippen LogP contribution in [0.4, 0.5) is 5.69 Å². The highest BCUT2D eigenvalue weighted by Crippen LogP contribution is 2.12. The van der Waals surface area contributed by atoms with Crippen molar-refractivity contribution in [1.82, 2.24) is 15.2 Å². The zero-order chi connectivity index (χ0) is 11.4. The van der Waals surface area contributed by atoms with Gasteiger partial charge in [0.1, 0.15) is 11.6 Å². The van der Waals surface area contributed by atoms with Crippen LogP contribution in [0.2, 0.25) is 0 Å². The van der Waals surface area contributed by atoms with Gasteiger partial charge in [-0.15, -0.1) is 0 Å². The molecule has 0 aliphatic rings. The lowest BCUT2D eigenvalue weighted by Crippen LogP contribution is -1.98. The summed E-state index contributed by atoms with van der Waals surface area (Å²) in [5.41, 5.74) is 7.88. The smallest absolute Gasteiger partial charge is 0.150 e. The number of aryl methyl sites for hydroxylation is 3. The molecule has 0 saturated heterocycles. The van der Waals surface area contributed by atoms with Crippen LogP contribution in [0.15, 0.2) is 24.3 Å². The number of hydrogen-bond donors (Lipinski definition) is 2. The van der Waals surface area contributed by atoms with E-state index in [2.05, 4.69) is 15.2 Å². The highest BCUT2D eigenvalue weighted by Gasteiger charge is 2.03. The van der Waals surface area contributed by atoms with Crippen LogP contribution in [0.3, 0.4) is 0 Å². The van der Waals surface area contributed by atoms with E-state index in [-0.39, 0.29) is 0 Å². The average molecular weight is 216 g/mol. The lowest BCUT2D eigenvalue weighted by Gasteiger charge is -2.02. The highest BCUT2D eigenvalue weighted by atomic mass is 15.2. The summed E-state index contributed by atoms with van der Waals surface area (Å²) < 4.78 is 0. The topological polar surface area (TPSA) is 67.6 Å². The molecular formula is C12H16N4. The average Bonchev–Trinajstić information content (AvgIpc) is 2.76. The molecule has 0 amide bonds. The van der Waals surface area contributed by atoms with E-state index in [1.54, 1.807) is 0 Å². The number of nitrogens with zero attached hydrogens (tertiary/aromatic N) is 2. The summed E-state index contributed by atoms with van der Waals surface area (Å²) in [6.07, 6.45) is 2.61. The molecule has 1 aromatic heterocycles. The first-order valence-corrected chi connectivity index (χ1v) is 5.53. The van der Waals surface area contributed by atoms with E-state index in [0.29, 0.717) is 0 Å². The van der Waals surface area contributed by atoms with Gasteiger partial charge < -0.3 is 5.73 Å². The summed E-state index contributed by atoms with van der Waals surface area (Å²) in [6.45, 7) is 2.04. The van der Waals surface area contributed by atoms with Gasteiger partial charge in [0.2, 0.25) is 0 Å². The van der Waals surface area contributed by atoms with Gasteiger partial charge in [-0.2, -0.15) is 5.10 Å². The van der Waals surface area contributed by atoms with E-state index in [1.165, 1.54) is 0 Å². The molecule has 3 N–H and O–H groups in total. The Morgan fingerprint density at radius 1 is 1.25 bits per heavy atom. The number of aromatic amines is 1. The highest BCUT2D eigenvalue weighted by molar-refractivity contribution is 5.46. The summed E-state index contributed by atoms with van der Waals surface area (Å²) in [4.78, 5) is 4.37. The zero-order valence-corrected chi connectivity index (χ0v) is 9.40. The van der Waals surface area contributed by atoms with Crippen molar-refractivity contribution >= 4 is 5.69 Å². The Morgan fingerprint density at radius 2 is 2.06 bits per heavy atom. The van der Waals surface area contributed by atoms with Gasteiger partial charge in [-0.05, 0) is 18.1 Å². The molecule has 0 spiro atoms. The van der Waals surface area contributed by atoms with Gasteiger partial charge in [-0.1, -0.05) is 25.1 Å². The second-order valence-corrected chi connectivity index (χ2v) is 3.75. The number of para-hydroxylation sites is 1. The number of nitrogens with two attached hydrogens (primary N) is 1. The van der Waals surface area contributed by atoms with Crippen molar-refractivity contribution in [3.63, 3.8) is 0 Å². The van der Waals surface area contributed by atoms with Gasteiger partial charge in [0.05, 0.1) is 0 Å². The van der Waals surface area contributed by atoms with Gasteiger partial charge in [0.15, 0.2) is 0 Å². The molecule has 4 nitrogen and oxygen atoms in total. The standard InChI is InChI=1S/C12H16N4/c1-2-11-14-12(16-15-11)8-7-9-5-3-4-6-10(9)13/h3-6H,2,7-8,13H2,1H3,(H,14,15,16). The minimum Gasteiger partial charge on any atom is -0.399 e. The van der Waals surface area contributed by atoms with Crippen molar-refractivity contribution in [2.75, 3.05) is 5.73 Å². The zero-order valence-electron chi connectivity index (χ0n) is 9.40. The van der Waals surface area contributed by atoms with Crippen molar-refractivity contribution in [3.8, 4) is 0 Å². The number of benzene rings is 1. The van der Waals surface area contributed by atoms with Crippen LogP contribution < -0.4 is 5.73 Å². The fraction of sp³-hybridized carbons (Fsp3) is 0.333. The van der Waals surface area contributed by atoms with Crippen molar-refractivity contribution in [2.45, 2.75) is 26.2 Å². The van der Waals surface area contributed by atoms with E-state index in [1.807, 2.05) is 31.2 Å². The third-order valence-corrected chi connectivity index (χ3v) is 2.58. The monoisotopic (exact) mass is 216 g/mol. The van der Waals surface area contributed by atoms with Gasteiger partial charge in [-0.25, -0.2) is 4.98 Å². The molecule has 16 heavy (non-hydrogen) atoms. The molecule has 1 aromatic carbocycles. The van der Waals surface area contributed by atoms with Crippen LogP contribution in [0.5, 0.6) is 0 Å². The molecule has 0 saturated carbocycles. The normalized spacial score (nSPS) is 10.6. The first kappa shape index (κ1) is 10.7.